The van der Waals surface area contributed by atoms with Gasteiger partial charge in [-0.2, -0.15) is 0 Å². The predicted octanol–water partition coefficient (Wildman–Crippen LogP) is 12.5. The van der Waals surface area contributed by atoms with Gasteiger partial charge in [0.25, 0.3) is 0 Å². The Kier molecular flexibility index (Phi) is 35.6. The maximum absolute atomic E-state index is 12.6. The van der Waals surface area contributed by atoms with Crippen LogP contribution < -0.4 is 0 Å². The number of rotatable bonds is 38. The lowest BCUT2D eigenvalue weighted by Crippen LogP contribution is -2.37. The minimum absolute atomic E-state index is 0.0245. The van der Waals surface area contributed by atoms with Crippen molar-refractivity contribution < 1.29 is 37.3 Å². The van der Waals surface area contributed by atoms with E-state index in [9.17, 15) is 14.3 Å². The second kappa shape index (κ2) is 37.0. The van der Waals surface area contributed by atoms with Crippen molar-refractivity contribution >= 4 is 13.8 Å². The van der Waals surface area contributed by atoms with Crippen LogP contribution in [0.1, 0.15) is 162 Å². The van der Waals surface area contributed by atoms with E-state index in [0.29, 0.717) is 17.4 Å². The number of nitrogens with zero attached hydrogens (tertiary/aromatic N) is 1. The molecule has 53 heavy (non-hydrogen) atoms. The van der Waals surface area contributed by atoms with Crippen molar-refractivity contribution in [2.75, 3.05) is 47.5 Å². The highest BCUT2D eigenvalue weighted by atomic mass is 31.2. The normalized spacial score (nSPS) is 14.4. The van der Waals surface area contributed by atoms with Crippen LogP contribution in [0.3, 0.4) is 0 Å². The number of carbonyl (C=O) groups is 1. The van der Waals surface area contributed by atoms with E-state index in [-0.39, 0.29) is 26.2 Å². The molecule has 8 nitrogen and oxygen atoms in total. The lowest BCUT2D eigenvalue weighted by Gasteiger charge is -2.24. The first-order chi connectivity index (χ1) is 25.6. The van der Waals surface area contributed by atoms with Crippen LogP contribution in [0.5, 0.6) is 0 Å². The molecular weight excluding hydrogens is 685 g/mol. The van der Waals surface area contributed by atoms with Crippen molar-refractivity contribution in [3.63, 3.8) is 0 Å². The van der Waals surface area contributed by atoms with E-state index in [1.807, 2.05) is 27.2 Å². The smallest absolute Gasteiger partial charge is 0.472 e. The molecule has 2 atom stereocenters. The van der Waals surface area contributed by atoms with Gasteiger partial charge in [0, 0.05) is 6.42 Å². The zero-order valence-corrected chi connectivity index (χ0v) is 35.6. The number of allylic oxidation sites excluding steroid dienone is 9. The average Bonchev–Trinajstić information content (AvgIpc) is 3.11. The summed E-state index contributed by atoms with van der Waals surface area (Å²) >= 11 is 0. The molecule has 0 aromatic rings. The van der Waals surface area contributed by atoms with Crippen molar-refractivity contribution in [1.29, 1.82) is 0 Å². The van der Waals surface area contributed by atoms with Gasteiger partial charge in [-0.1, -0.05) is 146 Å². The summed E-state index contributed by atoms with van der Waals surface area (Å²) in [5.74, 6) is -0.391. The lowest BCUT2D eigenvalue weighted by atomic mass is 10.0. The van der Waals surface area contributed by atoms with Crippen LogP contribution in [0.25, 0.3) is 0 Å². The van der Waals surface area contributed by atoms with Gasteiger partial charge in [0.2, 0.25) is 0 Å². The van der Waals surface area contributed by atoms with Gasteiger partial charge in [-0.25, -0.2) is 4.57 Å². The molecule has 1 N–H and O–H groups in total. The first-order valence-electron chi connectivity index (χ1n) is 21.1. The molecule has 0 aliphatic heterocycles. The van der Waals surface area contributed by atoms with Crippen molar-refractivity contribution in [1.82, 2.24) is 0 Å². The predicted molar refractivity (Wildman–Crippen MR) is 224 cm³/mol. The molecule has 0 aromatic heterocycles. The first kappa shape index (κ1) is 51.0. The minimum atomic E-state index is -4.30. The Balaban J connectivity index is 4.43. The van der Waals surface area contributed by atoms with E-state index in [0.717, 1.165) is 38.5 Å². The number of phosphoric acid groups is 1. The molecule has 0 bridgehead atoms. The van der Waals surface area contributed by atoms with Crippen LogP contribution in [0, 0.1) is 0 Å². The van der Waals surface area contributed by atoms with Crippen LogP contribution in [-0.2, 0) is 27.9 Å². The van der Waals surface area contributed by atoms with Gasteiger partial charge in [-0.3, -0.25) is 13.8 Å². The topological polar surface area (TPSA) is 91.3 Å². The number of ether oxygens (including phenoxy) is 2. The standard InChI is InChI=1S/C44H80NO7P/c1-6-8-10-12-14-16-18-20-22-23-24-25-27-29-31-33-35-37-44(46)52-43(42-51-53(47,48)50-40-38-45(3,4)5)41-49-39-36-34-32-30-28-26-21-19-17-15-13-11-9-7-2/h14,16,20,22,24-25,29,31,36,39,43H,6-13,15,17-19,21,23,26-28,30,32-35,37-38,40-42H2,1-5H3/p+1. The van der Waals surface area contributed by atoms with Crippen molar-refractivity contribution in [2.45, 2.75) is 168 Å². The fourth-order valence-electron chi connectivity index (χ4n) is 5.33. The molecule has 2 unspecified atom stereocenters. The summed E-state index contributed by atoms with van der Waals surface area (Å²) in [6.45, 7) is 4.83. The lowest BCUT2D eigenvalue weighted by molar-refractivity contribution is -0.870. The molecule has 0 saturated heterocycles. The summed E-state index contributed by atoms with van der Waals surface area (Å²) in [7, 11) is 1.59. The van der Waals surface area contributed by atoms with Crippen molar-refractivity contribution in [3.05, 3.63) is 60.9 Å². The number of likely N-dealkylation sites (N-methyl/N-ethyl adjacent to an activating group) is 1. The van der Waals surface area contributed by atoms with Crippen LogP contribution >= 0.6 is 7.82 Å². The van der Waals surface area contributed by atoms with Gasteiger partial charge in [0.15, 0.2) is 6.10 Å². The van der Waals surface area contributed by atoms with Crippen molar-refractivity contribution in [3.8, 4) is 0 Å². The van der Waals surface area contributed by atoms with Gasteiger partial charge in [0.1, 0.15) is 19.8 Å². The van der Waals surface area contributed by atoms with E-state index < -0.39 is 19.9 Å². The quantitative estimate of drug-likeness (QED) is 0.0167. The zero-order chi connectivity index (χ0) is 39.1. The molecule has 0 aliphatic rings. The monoisotopic (exact) mass is 767 g/mol. The van der Waals surface area contributed by atoms with E-state index in [1.165, 1.54) is 96.3 Å². The minimum Gasteiger partial charge on any atom is -0.498 e. The highest BCUT2D eigenvalue weighted by molar-refractivity contribution is 7.47. The molecule has 0 rings (SSSR count). The Bertz CT molecular complexity index is 1030. The summed E-state index contributed by atoms with van der Waals surface area (Å²) in [4.78, 5) is 22.8. The maximum atomic E-state index is 12.6. The molecule has 0 fully saturated rings. The highest BCUT2D eigenvalue weighted by Gasteiger charge is 2.26. The van der Waals surface area contributed by atoms with E-state index >= 15 is 0 Å². The Morgan fingerprint density at radius 2 is 1.06 bits per heavy atom. The number of esters is 1. The highest BCUT2D eigenvalue weighted by Crippen LogP contribution is 2.43. The van der Waals surface area contributed by atoms with Crippen molar-refractivity contribution in [2.24, 2.45) is 0 Å². The number of hydrogen-bond donors (Lipinski definition) is 1. The summed E-state index contributed by atoms with van der Waals surface area (Å²) in [6, 6.07) is 0. The molecule has 9 heteroatoms. The number of unbranched alkanes of at least 4 members (excludes halogenated alkanes) is 16. The summed E-state index contributed by atoms with van der Waals surface area (Å²) in [5.41, 5.74) is 0. The summed E-state index contributed by atoms with van der Waals surface area (Å²) in [5, 5.41) is 0. The Labute approximate surface area is 326 Å². The molecule has 0 spiro atoms. The molecular formula is C44H81NO7P+. The Morgan fingerprint density at radius 3 is 1.60 bits per heavy atom. The van der Waals surface area contributed by atoms with Gasteiger partial charge < -0.3 is 18.9 Å². The molecule has 0 saturated carbocycles. The molecule has 0 amide bonds. The second-order valence-corrected chi connectivity index (χ2v) is 16.5. The number of quaternary nitrogens is 1. The SMILES string of the molecule is CCCCCC=CCC=CCC=CCC=CCCCC(=O)OC(COC=CCCCCCCCCCCCCCC)COP(=O)(O)OCC[N+](C)(C)C. The fraction of sp³-hybridized carbons (Fsp3) is 0.750. The third-order valence-corrected chi connectivity index (χ3v) is 9.63. The third kappa shape index (κ3) is 41.1. The van der Waals surface area contributed by atoms with E-state index in [1.54, 1.807) is 6.26 Å². The fourth-order valence-corrected chi connectivity index (χ4v) is 6.07. The first-order valence-corrected chi connectivity index (χ1v) is 22.6. The van der Waals surface area contributed by atoms with Gasteiger partial charge in [-0.15, -0.1) is 0 Å². The van der Waals surface area contributed by atoms with E-state index in [4.69, 9.17) is 18.5 Å². The maximum Gasteiger partial charge on any atom is 0.472 e. The Hall–Kier alpha value is -1.96. The molecule has 308 valence electrons. The van der Waals surface area contributed by atoms with E-state index in [2.05, 4.69) is 62.5 Å². The second-order valence-electron chi connectivity index (χ2n) is 15.1. The summed E-state index contributed by atoms with van der Waals surface area (Å²) in [6.07, 6.45) is 46.4. The van der Waals surface area contributed by atoms with Crippen LogP contribution in [-0.4, -0.2) is 69.0 Å². The van der Waals surface area contributed by atoms with Crippen LogP contribution in [0.15, 0.2) is 60.9 Å². The zero-order valence-electron chi connectivity index (χ0n) is 34.7. The summed E-state index contributed by atoms with van der Waals surface area (Å²) < 4.78 is 34.6. The van der Waals surface area contributed by atoms with Crippen LogP contribution in [0.4, 0.5) is 0 Å². The molecule has 0 heterocycles. The number of carbonyl (C=O) groups excluding carboxylic acids is 1. The number of hydrogen-bond acceptors (Lipinski definition) is 6. The number of phosphoric ester groups is 1. The Morgan fingerprint density at radius 1 is 0.604 bits per heavy atom. The largest absolute Gasteiger partial charge is 0.498 e. The molecule has 0 aliphatic carbocycles. The third-order valence-electron chi connectivity index (χ3n) is 8.65. The average molecular weight is 767 g/mol. The van der Waals surface area contributed by atoms with Gasteiger partial charge in [-0.05, 0) is 63.9 Å². The molecule has 0 aromatic carbocycles. The van der Waals surface area contributed by atoms with Crippen LogP contribution in [0.2, 0.25) is 0 Å². The van der Waals surface area contributed by atoms with Gasteiger partial charge in [0.05, 0.1) is 34.0 Å². The van der Waals surface area contributed by atoms with Gasteiger partial charge >= 0.3 is 13.8 Å². The molecule has 0 radical (unpaired) electrons.